The second-order valence-electron chi connectivity index (χ2n) is 19.7. The second-order valence-corrected chi connectivity index (χ2v) is 21.1. The largest absolute Gasteiger partial charge is 0.756 e. The molecule has 0 radical (unpaired) electrons. The van der Waals surface area contributed by atoms with Crippen LogP contribution in [0.1, 0.15) is 233 Å². The summed E-state index contributed by atoms with van der Waals surface area (Å²) in [5.41, 5.74) is 0. The fourth-order valence-electron chi connectivity index (χ4n) is 7.62. The number of carbonyl (C=O) groups excluding carboxylic acids is 2. The van der Waals surface area contributed by atoms with Crippen LogP contribution in [-0.2, 0) is 27.9 Å². The van der Waals surface area contributed by atoms with Gasteiger partial charge in [0.1, 0.15) is 19.3 Å². The SMILES string of the molecule is CC/C=C\C/C=C\C/C=C\C/C=C\C/C=C\CCCC(=O)OC(/C=C/CCCCCCCCCCCC)C(COP(=O)([O-])OCC[N+](C)(C)C)NC(=O)CCCCCCCCCCCCCCC. The number of nitrogens with one attached hydrogen (secondary N) is 1. The van der Waals surface area contributed by atoms with Crippen molar-refractivity contribution in [2.24, 2.45) is 0 Å². The van der Waals surface area contributed by atoms with Gasteiger partial charge in [-0.25, -0.2) is 0 Å². The van der Waals surface area contributed by atoms with Crippen LogP contribution in [0.25, 0.3) is 0 Å². The molecule has 0 bridgehead atoms. The number of allylic oxidation sites excluding steroid dienone is 11. The molecule has 0 saturated carbocycles. The van der Waals surface area contributed by atoms with E-state index in [2.05, 4.69) is 86.8 Å². The van der Waals surface area contributed by atoms with Crippen LogP contribution < -0.4 is 10.2 Å². The zero-order chi connectivity index (χ0) is 50.1. The van der Waals surface area contributed by atoms with Crippen LogP contribution in [-0.4, -0.2) is 69.4 Å². The Hall–Kier alpha value is -2.55. The minimum atomic E-state index is -4.70. The van der Waals surface area contributed by atoms with Crippen molar-refractivity contribution in [3.8, 4) is 0 Å². The highest BCUT2D eigenvalue weighted by atomic mass is 31.2. The molecule has 0 aliphatic rings. The van der Waals surface area contributed by atoms with Crippen molar-refractivity contribution in [2.75, 3.05) is 40.9 Å². The smallest absolute Gasteiger partial charge is 0.306 e. The van der Waals surface area contributed by atoms with Gasteiger partial charge in [-0.3, -0.25) is 14.2 Å². The predicted molar refractivity (Wildman–Crippen MR) is 288 cm³/mol. The van der Waals surface area contributed by atoms with Gasteiger partial charge in [0.25, 0.3) is 7.82 Å². The number of likely N-dealkylation sites (N-methyl/N-ethyl adjacent to an activating group) is 1. The molecule has 68 heavy (non-hydrogen) atoms. The Morgan fingerprint density at radius 1 is 0.529 bits per heavy atom. The lowest BCUT2D eigenvalue weighted by Crippen LogP contribution is -2.47. The van der Waals surface area contributed by atoms with E-state index in [1.165, 1.54) is 116 Å². The van der Waals surface area contributed by atoms with Crippen LogP contribution in [0.4, 0.5) is 0 Å². The lowest BCUT2D eigenvalue weighted by Gasteiger charge is -2.30. The summed E-state index contributed by atoms with van der Waals surface area (Å²) < 4.78 is 30.1. The first-order chi connectivity index (χ1) is 32.9. The molecule has 9 nitrogen and oxygen atoms in total. The van der Waals surface area contributed by atoms with Crippen molar-refractivity contribution >= 4 is 19.7 Å². The van der Waals surface area contributed by atoms with Crippen LogP contribution in [0.15, 0.2) is 72.9 Å². The fourth-order valence-corrected chi connectivity index (χ4v) is 8.34. The van der Waals surface area contributed by atoms with Crippen molar-refractivity contribution in [3.63, 3.8) is 0 Å². The molecule has 1 amide bonds. The maximum atomic E-state index is 13.4. The minimum absolute atomic E-state index is 0.0323. The van der Waals surface area contributed by atoms with Gasteiger partial charge in [0.15, 0.2) is 0 Å². The number of hydrogen-bond donors (Lipinski definition) is 1. The van der Waals surface area contributed by atoms with Gasteiger partial charge in [0.2, 0.25) is 5.91 Å². The molecule has 0 aliphatic heterocycles. The van der Waals surface area contributed by atoms with E-state index in [0.717, 1.165) is 77.0 Å². The average Bonchev–Trinajstić information content (AvgIpc) is 3.29. The third kappa shape index (κ3) is 48.5. The summed E-state index contributed by atoms with van der Waals surface area (Å²) >= 11 is 0. The molecule has 0 saturated heterocycles. The number of quaternary nitrogens is 1. The third-order valence-electron chi connectivity index (χ3n) is 11.9. The molecule has 0 aromatic heterocycles. The van der Waals surface area contributed by atoms with Crippen LogP contribution in [0.2, 0.25) is 0 Å². The molecular weight excluding hydrogens is 868 g/mol. The molecule has 10 heteroatoms. The number of esters is 1. The van der Waals surface area contributed by atoms with E-state index in [1.807, 2.05) is 33.3 Å². The van der Waals surface area contributed by atoms with Crippen molar-refractivity contribution < 1.29 is 37.3 Å². The molecular formula is C58H105N2O7P. The van der Waals surface area contributed by atoms with Gasteiger partial charge >= 0.3 is 5.97 Å². The third-order valence-corrected chi connectivity index (χ3v) is 12.9. The molecule has 0 rings (SSSR count). The number of phosphoric acid groups is 1. The van der Waals surface area contributed by atoms with Crippen LogP contribution >= 0.6 is 7.82 Å². The summed E-state index contributed by atoms with van der Waals surface area (Å²) in [5.74, 6) is -0.609. The Bertz CT molecular complexity index is 1400. The fraction of sp³-hybridized carbons (Fsp3) is 0.759. The molecule has 0 aliphatic carbocycles. The summed E-state index contributed by atoms with van der Waals surface area (Å²) in [5, 5.41) is 3.00. The zero-order valence-electron chi connectivity index (χ0n) is 44.8. The molecule has 0 aromatic rings. The van der Waals surface area contributed by atoms with Gasteiger partial charge in [-0.2, -0.15) is 0 Å². The average molecular weight is 973 g/mol. The predicted octanol–water partition coefficient (Wildman–Crippen LogP) is 15.9. The molecule has 1 N–H and O–H groups in total. The molecule has 3 atom stereocenters. The topological polar surface area (TPSA) is 114 Å². The summed E-state index contributed by atoms with van der Waals surface area (Å²) in [7, 11) is 1.15. The van der Waals surface area contributed by atoms with E-state index in [1.54, 1.807) is 0 Å². The Balaban J connectivity index is 5.47. The number of hydrogen-bond acceptors (Lipinski definition) is 7. The van der Waals surface area contributed by atoms with Gasteiger partial charge in [0.05, 0.1) is 33.8 Å². The van der Waals surface area contributed by atoms with Gasteiger partial charge in [0, 0.05) is 12.8 Å². The standard InChI is InChI=1S/C58H105N2O7P/c1-7-10-13-16-19-22-25-28-29-30-31-33-36-39-42-45-48-51-58(62)67-56(49-46-43-40-37-34-27-24-21-18-15-12-9-3)55(54-66-68(63,64)65-53-52-60(4,5)6)59-57(61)50-47-44-41-38-35-32-26-23-20-17-14-11-8-2/h10,13,19,22,28-29,31,33,39,42,46,49,55-56H,7-9,11-12,14-18,20-21,23-27,30,32,34-38,40-41,43-45,47-48,50-54H2,1-6H3,(H-,59,61,63,64)/b13-10-,22-19-,29-28-,33-31-,42-39-,49-46+. The summed E-state index contributed by atoms with van der Waals surface area (Å²) in [6.07, 6.45) is 60.1. The Kier molecular flexibility index (Phi) is 46.3. The Morgan fingerprint density at radius 2 is 0.956 bits per heavy atom. The van der Waals surface area contributed by atoms with Crippen LogP contribution in [0.3, 0.4) is 0 Å². The Morgan fingerprint density at radius 3 is 1.43 bits per heavy atom. The first-order valence-corrected chi connectivity index (χ1v) is 29.2. The summed E-state index contributed by atoms with van der Waals surface area (Å²) in [6.45, 7) is 6.68. The van der Waals surface area contributed by atoms with E-state index in [4.69, 9.17) is 13.8 Å². The lowest BCUT2D eigenvalue weighted by atomic mass is 10.0. The highest BCUT2D eigenvalue weighted by molar-refractivity contribution is 7.45. The number of rotatable bonds is 49. The van der Waals surface area contributed by atoms with Crippen molar-refractivity contribution in [2.45, 2.75) is 245 Å². The maximum absolute atomic E-state index is 13.4. The first-order valence-electron chi connectivity index (χ1n) is 27.7. The molecule has 3 unspecified atom stereocenters. The number of unbranched alkanes of at least 4 members (excludes halogenated alkanes) is 23. The van der Waals surface area contributed by atoms with E-state index in [0.29, 0.717) is 23.9 Å². The number of amides is 1. The van der Waals surface area contributed by atoms with Crippen molar-refractivity contribution in [3.05, 3.63) is 72.9 Å². The molecule has 0 fully saturated rings. The number of phosphoric ester groups is 1. The van der Waals surface area contributed by atoms with Gasteiger partial charge in [-0.1, -0.05) is 222 Å². The molecule has 394 valence electrons. The highest BCUT2D eigenvalue weighted by Crippen LogP contribution is 2.38. The van der Waals surface area contributed by atoms with Crippen LogP contribution in [0, 0.1) is 0 Å². The van der Waals surface area contributed by atoms with Gasteiger partial charge in [-0.15, -0.1) is 0 Å². The maximum Gasteiger partial charge on any atom is 0.306 e. The second kappa shape index (κ2) is 48.1. The van der Waals surface area contributed by atoms with Crippen molar-refractivity contribution in [1.82, 2.24) is 5.32 Å². The summed E-state index contributed by atoms with van der Waals surface area (Å²) in [4.78, 5) is 39.7. The van der Waals surface area contributed by atoms with Gasteiger partial charge in [-0.05, 0) is 70.3 Å². The lowest BCUT2D eigenvalue weighted by molar-refractivity contribution is -0.870. The minimum Gasteiger partial charge on any atom is -0.756 e. The first kappa shape index (κ1) is 65.5. The van der Waals surface area contributed by atoms with E-state index < -0.39 is 32.5 Å². The zero-order valence-corrected chi connectivity index (χ0v) is 45.7. The Labute approximate surface area is 419 Å². The number of carbonyl (C=O) groups is 2. The normalized spacial score (nSPS) is 14.4. The molecule has 0 aromatic carbocycles. The molecule has 0 spiro atoms. The van der Waals surface area contributed by atoms with Crippen molar-refractivity contribution in [1.29, 1.82) is 0 Å². The van der Waals surface area contributed by atoms with Crippen LogP contribution in [0.5, 0.6) is 0 Å². The number of nitrogens with zero attached hydrogens (tertiary/aromatic N) is 1. The number of ether oxygens (including phenoxy) is 1. The quantitative estimate of drug-likeness (QED) is 0.0212. The van der Waals surface area contributed by atoms with E-state index in [9.17, 15) is 19.0 Å². The molecule has 0 heterocycles. The highest BCUT2D eigenvalue weighted by Gasteiger charge is 2.27. The van der Waals surface area contributed by atoms with E-state index in [-0.39, 0.29) is 18.9 Å². The summed E-state index contributed by atoms with van der Waals surface area (Å²) in [6, 6.07) is -0.910. The van der Waals surface area contributed by atoms with E-state index >= 15 is 0 Å². The monoisotopic (exact) mass is 973 g/mol. The van der Waals surface area contributed by atoms with Gasteiger partial charge < -0.3 is 28.5 Å².